The van der Waals surface area contributed by atoms with E-state index in [1.54, 1.807) is 0 Å². The Hall–Kier alpha value is -7.36. The Morgan fingerprint density at radius 2 is 0.966 bits per heavy atom. The third kappa shape index (κ3) is 5.66. The van der Waals surface area contributed by atoms with E-state index >= 15 is 0 Å². The van der Waals surface area contributed by atoms with Gasteiger partial charge in [0.25, 0.3) is 0 Å². The van der Waals surface area contributed by atoms with Crippen LogP contribution in [0.3, 0.4) is 0 Å². The molecule has 0 bridgehead atoms. The standard InChI is InChI=1S/C55H38N2O/c1-55(2)47-23-14-22-43(36-17-8-4-9-18-36)53(47)45-27-25-39(33-48(45)55)49-34-50(57-54(56-49)37-19-10-5-11-20-37)42-30-40(35-15-6-3-7-16-35)29-41(31-42)38-26-28-52-46(32-38)44-21-12-13-24-51(44)58-52/h3-34H,1-2H3. The topological polar surface area (TPSA) is 38.9 Å². The molecule has 0 N–H and O–H groups in total. The molecule has 0 unspecified atom stereocenters. The van der Waals surface area contributed by atoms with Crippen LogP contribution in [0.1, 0.15) is 25.0 Å². The van der Waals surface area contributed by atoms with Gasteiger partial charge in [-0.15, -0.1) is 0 Å². The Kier molecular flexibility index (Phi) is 7.84. The van der Waals surface area contributed by atoms with Gasteiger partial charge in [-0.05, 0) is 104 Å². The molecule has 0 atom stereocenters. The first-order valence-electron chi connectivity index (χ1n) is 19.9. The summed E-state index contributed by atoms with van der Waals surface area (Å²) in [4.78, 5) is 10.6. The highest BCUT2D eigenvalue weighted by molar-refractivity contribution is 6.06. The van der Waals surface area contributed by atoms with E-state index in [0.717, 1.165) is 72.3 Å². The zero-order chi connectivity index (χ0) is 38.8. The van der Waals surface area contributed by atoms with Crippen molar-refractivity contribution in [1.29, 1.82) is 0 Å². The minimum Gasteiger partial charge on any atom is -0.456 e. The summed E-state index contributed by atoms with van der Waals surface area (Å²) in [6, 6.07) is 69.0. The lowest BCUT2D eigenvalue weighted by Crippen LogP contribution is -2.15. The van der Waals surface area contributed by atoms with E-state index in [-0.39, 0.29) is 5.41 Å². The number of benzene rings is 8. The number of fused-ring (bicyclic) bond motifs is 6. The molecular weight excluding hydrogens is 705 g/mol. The van der Waals surface area contributed by atoms with Crippen LogP contribution in [0.25, 0.3) is 100 Å². The van der Waals surface area contributed by atoms with Crippen LogP contribution < -0.4 is 0 Å². The predicted octanol–water partition coefficient (Wildman–Crippen LogP) is 14.7. The average Bonchev–Trinajstić information content (AvgIpc) is 3.78. The molecule has 0 spiro atoms. The molecule has 2 heterocycles. The monoisotopic (exact) mass is 742 g/mol. The second kappa shape index (κ2) is 13.4. The number of furan rings is 1. The third-order valence-corrected chi connectivity index (χ3v) is 11.9. The average molecular weight is 743 g/mol. The Labute approximate surface area is 338 Å². The molecular formula is C55H38N2O. The summed E-state index contributed by atoms with van der Waals surface area (Å²) < 4.78 is 6.21. The quantitative estimate of drug-likeness (QED) is 0.170. The van der Waals surface area contributed by atoms with E-state index in [4.69, 9.17) is 14.4 Å². The van der Waals surface area contributed by atoms with Gasteiger partial charge >= 0.3 is 0 Å². The molecule has 0 radical (unpaired) electrons. The summed E-state index contributed by atoms with van der Waals surface area (Å²) in [5, 5.41) is 2.22. The fourth-order valence-corrected chi connectivity index (χ4v) is 8.91. The SMILES string of the molecule is CC1(C)c2cc(-c3cc(-c4cc(-c5ccccc5)cc(-c5ccc6oc7ccccc7c6c5)c4)nc(-c4ccccc4)n3)ccc2-c2c(-c3ccccc3)cccc21. The van der Waals surface area contributed by atoms with E-state index in [9.17, 15) is 0 Å². The van der Waals surface area contributed by atoms with E-state index in [0.29, 0.717) is 5.82 Å². The molecule has 0 fully saturated rings. The minimum atomic E-state index is -0.191. The van der Waals surface area contributed by atoms with Crippen molar-refractivity contribution >= 4 is 21.9 Å². The Morgan fingerprint density at radius 3 is 1.72 bits per heavy atom. The number of hydrogen-bond acceptors (Lipinski definition) is 3. The summed E-state index contributed by atoms with van der Waals surface area (Å²) in [5.41, 5.74) is 18.7. The molecule has 3 heteroatoms. The highest BCUT2D eigenvalue weighted by Crippen LogP contribution is 2.53. The number of nitrogens with zero attached hydrogens (tertiary/aromatic N) is 2. The molecule has 274 valence electrons. The van der Waals surface area contributed by atoms with Crippen molar-refractivity contribution in [3.63, 3.8) is 0 Å². The smallest absolute Gasteiger partial charge is 0.160 e. The Morgan fingerprint density at radius 1 is 0.362 bits per heavy atom. The number of rotatable bonds is 6. The second-order valence-electron chi connectivity index (χ2n) is 15.8. The van der Waals surface area contributed by atoms with Gasteiger partial charge in [-0.2, -0.15) is 0 Å². The lowest BCUT2D eigenvalue weighted by atomic mass is 9.81. The lowest BCUT2D eigenvalue weighted by Gasteiger charge is -2.22. The summed E-state index contributed by atoms with van der Waals surface area (Å²) >= 11 is 0. The van der Waals surface area contributed by atoms with Gasteiger partial charge in [0.2, 0.25) is 0 Å². The molecule has 10 aromatic rings. The first-order valence-corrected chi connectivity index (χ1v) is 19.9. The number of para-hydroxylation sites is 1. The van der Waals surface area contributed by atoms with Gasteiger partial charge in [0.15, 0.2) is 5.82 Å². The van der Waals surface area contributed by atoms with Crippen LogP contribution in [-0.2, 0) is 5.41 Å². The normalized spacial score (nSPS) is 12.8. The first-order chi connectivity index (χ1) is 28.5. The number of hydrogen-bond donors (Lipinski definition) is 0. The van der Waals surface area contributed by atoms with Crippen LogP contribution in [0.5, 0.6) is 0 Å². The van der Waals surface area contributed by atoms with Gasteiger partial charge in [0, 0.05) is 32.9 Å². The molecule has 1 aliphatic carbocycles. The summed E-state index contributed by atoms with van der Waals surface area (Å²) in [6.45, 7) is 4.69. The van der Waals surface area contributed by atoms with Crippen LogP contribution in [0.4, 0.5) is 0 Å². The molecule has 0 saturated heterocycles. The van der Waals surface area contributed by atoms with E-state index in [1.807, 2.05) is 30.3 Å². The van der Waals surface area contributed by atoms with Gasteiger partial charge in [-0.3, -0.25) is 0 Å². The van der Waals surface area contributed by atoms with Gasteiger partial charge in [-0.25, -0.2) is 9.97 Å². The highest BCUT2D eigenvalue weighted by Gasteiger charge is 2.37. The van der Waals surface area contributed by atoms with Crippen LogP contribution in [0.2, 0.25) is 0 Å². The van der Waals surface area contributed by atoms with Gasteiger partial charge in [0.05, 0.1) is 11.4 Å². The highest BCUT2D eigenvalue weighted by atomic mass is 16.3. The molecule has 11 rings (SSSR count). The molecule has 3 nitrogen and oxygen atoms in total. The van der Waals surface area contributed by atoms with Crippen molar-refractivity contribution in [2.24, 2.45) is 0 Å². The first kappa shape index (κ1) is 33.9. The van der Waals surface area contributed by atoms with Crippen molar-refractivity contribution in [2.45, 2.75) is 19.3 Å². The zero-order valence-electron chi connectivity index (χ0n) is 32.3. The van der Waals surface area contributed by atoms with E-state index in [2.05, 4.69) is 178 Å². The minimum absolute atomic E-state index is 0.191. The van der Waals surface area contributed by atoms with Crippen molar-refractivity contribution in [1.82, 2.24) is 9.97 Å². The molecule has 0 amide bonds. The van der Waals surface area contributed by atoms with E-state index in [1.165, 1.54) is 33.4 Å². The molecule has 1 aliphatic rings. The third-order valence-electron chi connectivity index (χ3n) is 11.9. The molecule has 8 aromatic carbocycles. The summed E-state index contributed by atoms with van der Waals surface area (Å²) in [7, 11) is 0. The van der Waals surface area contributed by atoms with E-state index < -0.39 is 0 Å². The maximum Gasteiger partial charge on any atom is 0.160 e. The van der Waals surface area contributed by atoms with Crippen LogP contribution in [0, 0.1) is 0 Å². The fourth-order valence-electron chi connectivity index (χ4n) is 8.91. The van der Waals surface area contributed by atoms with Crippen LogP contribution in [0.15, 0.2) is 199 Å². The second-order valence-corrected chi connectivity index (χ2v) is 15.8. The van der Waals surface area contributed by atoms with Crippen molar-refractivity contribution in [3.05, 3.63) is 205 Å². The molecule has 0 aliphatic heterocycles. The lowest BCUT2D eigenvalue weighted by molar-refractivity contribution is 0.660. The summed E-state index contributed by atoms with van der Waals surface area (Å²) in [5.74, 6) is 0.695. The summed E-state index contributed by atoms with van der Waals surface area (Å²) in [6.07, 6.45) is 0. The molecule has 0 saturated carbocycles. The van der Waals surface area contributed by atoms with Gasteiger partial charge in [-0.1, -0.05) is 159 Å². The van der Waals surface area contributed by atoms with Crippen LogP contribution in [-0.4, -0.2) is 9.97 Å². The zero-order valence-corrected chi connectivity index (χ0v) is 32.3. The Bertz CT molecular complexity index is 3180. The van der Waals surface area contributed by atoms with Crippen molar-refractivity contribution in [3.8, 4) is 78.4 Å². The largest absolute Gasteiger partial charge is 0.456 e. The molecule has 2 aromatic heterocycles. The van der Waals surface area contributed by atoms with Crippen molar-refractivity contribution < 1.29 is 4.42 Å². The maximum atomic E-state index is 6.21. The Balaban J connectivity index is 1.09. The predicted molar refractivity (Wildman–Crippen MR) is 239 cm³/mol. The maximum absolute atomic E-state index is 6.21. The number of aromatic nitrogens is 2. The fraction of sp³-hybridized carbons (Fsp3) is 0.0545. The van der Waals surface area contributed by atoms with Crippen LogP contribution >= 0.6 is 0 Å². The van der Waals surface area contributed by atoms with Gasteiger partial charge in [0.1, 0.15) is 11.2 Å². The molecule has 58 heavy (non-hydrogen) atoms. The van der Waals surface area contributed by atoms with Crippen molar-refractivity contribution in [2.75, 3.05) is 0 Å². The van der Waals surface area contributed by atoms with Gasteiger partial charge < -0.3 is 4.42 Å².